The number of nitrogens with one attached hydrogen (secondary N) is 1. The number of carbonyl (C=O) groups is 2. The molecule has 1 aliphatic heterocycles. The molecule has 1 N–H and O–H groups in total. The van der Waals surface area contributed by atoms with Crippen molar-refractivity contribution < 1.29 is 22.8 Å². The second-order valence-electron chi connectivity index (χ2n) is 8.78. The van der Waals surface area contributed by atoms with E-state index in [9.17, 15) is 27.6 Å². The predicted octanol–water partition coefficient (Wildman–Crippen LogP) is 3.90. The quantitative estimate of drug-likeness (QED) is 0.592. The third-order valence-corrected chi connectivity index (χ3v) is 6.25. The molecule has 1 fully saturated rings. The van der Waals surface area contributed by atoms with Gasteiger partial charge in [-0.15, -0.1) is 0 Å². The average Bonchev–Trinajstić information content (AvgIpc) is 2.84. The van der Waals surface area contributed by atoms with E-state index in [4.69, 9.17) is 0 Å². The van der Waals surface area contributed by atoms with Crippen LogP contribution >= 0.6 is 0 Å². The summed E-state index contributed by atoms with van der Waals surface area (Å²) in [5, 5.41) is 7.03. The van der Waals surface area contributed by atoms with Crippen molar-refractivity contribution in [3.8, 4) is 5.69 Å². The summed E-state index contributed by atoms with van der Waals surface area (Å²) in [6, 6.07) is 13.1. The average molecular weight is 499 g/mol. The van der Waals surface area contributed by atoms with Crippen LogP contribution in [0.1, 0.15) is 50.5 Å². The topological polar surface area (TPSA) is 84.3 Å². The Bertz CT molecular complexity index is 1360. The fourth-order valence-electron chi connectivity index (χ4n) is 4.30. The van der Waals surface area contributed by atoms with Gasteiger partial charge in [-0.25, -0.2) is 4.68 Å². The highest BCUT2D eigenvalue weighted by Crippen LogP contribution is 2.33. The van der Waals surface area contributed by atoms with Crippen molar-refractivity contribution in [2.24, 2.45) is 0 Å². The van der Waals surface area contributed by atoms with Gasteiger partial charge in [-0.1, -0.05) is 30.3 Å². The molecule has 0 spiro atoms. The number of halogens is 3. The zero-order valence-corrected chi connectivity index (χ0v) is 19.8. The maximum Gasteiger partial charge on any atom is 0.418 e. The molecule has 1 aromatic heterocycles. The first-order chi connectivity index (χ1) is 17.1. The molecule has 2 amide bonds. The van der Waals surface area contributed by atoms with Gasteiger partial charge in [0.15, 0.2) is 5.69 Å². The third kappa shape index (κ3) is 5.17. The van der Waals surface area contributed by atoms with Gasteiger partial charge in [0.05, 0.1) is 11.3 Å². The number of nitrogens with zero attached hydrogens (tertiary/aromatic N) is 3. The van der Waals surface area contributed by atoms with Crippen molar-refractivity contribution >= 4 is 11.8 Å². The number of amides is 2. The molecule has 0 radical (unpaired) electrons. The highest BCUT2D eigenvalue weighted by atomic mass is 19.4. The van der Waals surface area contributed by atoms with E-state index in [0.29, 0.717) is 18.4 Å². The zero-order chi connectivity index (χ0) is 26.0. The number of para-hydroxylation sites is 1. The van der Waals surface area contributed by atoms with Crippen LogP contribution in [0, 0.1) is 13.8 Å². The Morgan fingerprint density at radius 1 is 1.00 bits per heavy atom. The first-order valence-electron chi connectivity index (χ1n) is 11.5. The molecule has 0 aliphatic carbocycles. The van der Waals surface area contributed by atoms with Gasteiger partial charge in [0.25, 0.3) is 11.8 Å². The number of hydrogen-bond donors (Lipinski definition) is 1. The Morgan fingerprint density at radius 3 is 2.31 bits per heavy atom. The Kier molecular flexibility index (Phi) is 6.96. The molecule has 2 heterocycles. The molecule has 10 heteroatoms. The number of likely N-dealkylation sites (tertiary alicyclic amines) is 1. The minimum Gasteiger partial charge on any atom is -0.349 e. The molecule has 1 aliphatic rings. The summed E-state index contributed by atoms with van der Waals surface area (Å²) in [5.41, 5.74) is -0.683. The summed E-state index contributed by atoms with van der Waals surface area (Å²) in [7, 11) is 0. The Labute approximate surface area is 205 Å². The van der Waals surface area contributed by atoms with Crippen LogP contribution in [0.3, 0.4) is 0 Å². The maximum absolute atomic E-state index is 13.5. The summed E-state index contributed by atoms with van der Waals surface area (Å²) < 4.78 is 41.6. The molecule has 3 aromatic rings. The van der Waals surface area contributed by atoms with Crippen molar-refractivity contribution in [3.05, 3.63) is 92.9 Å². The number of aromatic nitrogens is 2. The molecule has 0 saturated carbocycles. The number of carbonyl (C=O) groups excluding carboxylic acids is 2. The summed E-state index contributed by atoms with van der Waals surface area (Å²) in [6.07, 6.45) is -3.69. The monoisotopic (exact) mass is 498 g/mol. The van der Waals surface area contributed by atoms with E-state index < -0.39 is 28.8 Å². The van der Waals surface area contributed by atoms with Crippen LogP contribution < -0.4 is 10.7 Å². The van der Waals surface area contributed by atoms with Crippen molar-refractivity contribution in [2.45, 2.75) is 38.9 Å². The highest BCUT2D eigenvalue weighted by Gasteiger charge is 2.34. The number of rotatable bonds is 4. The number of piperidine rings is 1. The number of hydrogen-bond acceptors (Lipinski definition) is 4. The first-order valence-corrected chi connectivity index (χ1v) is 11.5. The lowest BCUT2D eigenvalue weighted by Gasteiger charge is -2.32. The molecule has 0 unspecified atom stereocenters. The largest absolute Gasteiger partial charge is 0.418 e. The van der Waals surface area contributed by atoms with E-state index in [1.807, 2.05) is 19.1 Å². The number of aryl methyl sites for hydroxylation is 2. The van der Waals surface area contributed by atoms with Crippen LogP contribution in [0.2, 0.25) is 0 Å². The lowest BCUT2D eigenvalue weighted by atomic mass is 10.0. The second-order valence-corrected chi connectivity index (χ2v) is 8.78. The molecule has 1 saturated heterocycles. The Morgan fingerprint density at radius 2 is 1.64 bits per heavy atom. The van der Waals surface area contributed by atoms with Crippen LogP contribution in [0.25, 0.3) is 5.69 Å². The van der Waals surface area contributed by atoms with Crippen LogP contribution in [0.15, 0.2) is 59.4 Å². The minimum absolute atomic E-state index is 0.151. The van der Waals surface area contributed by atoms with Gasteiger partial charge >= 0.3 is 6.18 Å². The zero-order valence-electron chi connectivity index (χ0n) is 19.8. The summed E-state index contributed by atoms with van der Waals surface area (Å²) in [4.78, 5) is 39.7. The molecule has 7 nitrogen and oxygen atoms in total. The van der Waals surface area contributed by atoms with Crippen molar-refractivity contribution in [1.29, 1.82) is 0 Å². The van der Waals surface area contributed by atoms with Crippen molar-refractivity contribution in [1.82, 2.24) is 20.0 Å². The van der Waals surface area contributed by atoms with Gasteiger partial charge in [-0.3, -0.25) is 14.4 Å². The van der Waals surface area contributed by atoms with Gasteiger partial charge in [-0.05, 0) is 50.5 Å². The van der Waals surface area contributed by atoms with Crippen LogP contribution in [0.4, 0.5) is 13.2 Å². The lowest BCUT2D eigenvalue weighted by Crippen LogP contribution is -2.47. The third-order valence-electron chi connectivity index (χ3n) is 6.25. The SMILES string of the molecule is Cc1ccccc1C(=O)NC1CCN(C(=O)c2nn(-c3ccccc3C(F)(F)F)c(C)cc2=O)CC1. The van der Waals surface area contributed by atoms with E-state index in [2.05, 4.69) is 10.4 Å². The Hall–Kier alpha value is -3.95. The van der Waals surface area contributed by atoms with Crippen LogP contribution in [0.5, 0.6) is 0 Å². The fraction of sp³-hybridized carbons (Fsp3) is 0.308. The van der Waals surface area contributed by atoms with E-state index in [-0.39, 0.29) is 36.4 Å². The summed E-state index contributed by atoms with van der Waals surface area (Å²) >= 11 is 0. The molecular weight excluding hydrogens is 473 g/mol. The number of alkyl halides is 3. The minimum atomic E-state index is -4.64. The molecule has 0 bridgehead atoms. The second kappa shape index (κ2) is 9.96. The van der Waals surface area contributed by atoms with Gasteiger partial charge < -0.3 is 10.2 Å². The molecule has 4 rings (SSSR count). The van der Waals surface area contributed by atoms with E-state index in [1.54, 1.807) is 12.1 Å². The van der Waals surface area contributed by atoms with Crippen molar-refractivity contribution in [2.75, 3.05) is 13.1 Å². The van der Waals surface area contributed by atoms with Gasteiger partial charge in [0.2, 0.25) is 5.43 Å². The molecule has 36 heavy (non-hydrogen) atoms. The van der Waals surface area contributed by atoms with E-state index in [1.165, 1.54) is 30.0 Å². The summed E-state index contributed by atoms with van der Waals surface area (Å²) in [6.45, 7) is 3.85. The summed E-state index contributed by atoms with van der Waals surface area (Å²) in [5.74, 6) is -0.841. The van der Waals surface area contributed by atoms with Crippen molar-refractivity contribution in [3.63, 3.8) is 0 Å². The van der Waals surface area contributed by atoms with E-state index in [0.717, 1.165) is 22.4 Å². The lowest BCUT2D eigenvalue weighted by molar-refractivity contribution is -0.137. The highest BCUT2D eigenvalue weighted by molar-refractivity contribution is 5.96. The van der Waals surface area contributed by atoms with Gasteiger partial charge in [0.1, 0.15) is 0 Å². The van der Waals surface area contributed by atoms with E-state index >= 15 is 0 Å². The fourth-order valence-corrected chi connectivity index (χ4v) is 4.30. The molecular formula is C26H25F3N4O3. The maximum atomic E-state index is 13.5. The van der Waals surface area contributed by atoms with Gasteiger partial charge in [-0.2, -0.15) is 18.3 Å². The molecule has 2 aromatic carbocycles. The Balaban J connectivity index is 1.51. The van der Waals surface area contributed by atoms with Crippen LogP contribution in [-0.4, -0.2) is 45.6 Å². The number of benzene rings is 2. The molecule has 188 valence electrons. The predicted molar refractivity (Wildman–Crippen MR) is 127 cm³/mol. The van der Waals surface area contributed by atoms with Gasteiger partial charge in [0, 0.05) is 36.5 Å². The standard InChI is InChI=1S/C26H25F3N4O3/c1-16-7-3-4-8-19(16)24(35)30-18-11-13-32(14-12-18)25(36)23-22(34)15-17(2)33(31-23)21-10-6-5-9-20(21)26(27,28)29/h3-10,15,18H,11-14H2,1-2H3,(H,30,35). The van der Waals surface area contributed by atoms with Crippen LogP contribution in [-0.2, 0) is 6.18 Å². The molecule has 0 atom stereocenters. The normalized spacial score (nSPS) is 14.5. The first kappa shape index (κ1) is 25.2. The smallest absolute Gasteiger partial charge is 0.349 e.